The van der Waals surface area contributed by atoms with Crippen LogP contribution in [-0.2, 0) is 9.47 Å². The van der Waals surface area contributed by atoms with Crippen molar-refractivity contribution in [3.8, 4) is 0 Å². The summed E-state index contributed by atoms with van der Waals surface area (Å²) in [6.45, 7) is 4.31. The lowest BCUT2D eigenvalue weighted by Gasteiger charge is -2.32. The van der Waals surface area contributed by atoms with Crippen LogP contribution in [0.2, 0.25) is 0 Å². The highest BCUT2D eigenvalue weighted by atomic mass is 32.1. The minimum absolute atomic E-state index is 0.0838. The summed E-state index contributed by atoms with van der Waals surface area (Å²) in [6, 6.07) is 0. The standard InChI is InChI=1S/C9H13N3O4S/c1-2-15-8-6-11(3-4-16-8)7-5-10-9(17-7)12(13)14/h5,8H,2-4,6H2,1H3. The molecule has 94 valence electrons. The van der Waals surface area contributed by atoms with E-state index in [-0.39, 0.29) is 11.4 Å². The Morgan fingerprint density at radius 3 is 3.29 bits per heavy atom. The van der Waals surface area contributed by atoms with Crippen LogP contribution < -0.4 is 4.90 Å². The van der Waals surface area contributed by atoms with Gasteiger partial charge in [0.25, 0.3) is 0 Å². The maximum atomic E-state index is 10.5. The molecule has 0 bridgehead atoms. The lowest BCUT2D eigenvalue weighted by molar-refractivity contribution is -0.384. The third-order valence-corrected chi connectivity index (χ3v) is 3.35. The Kier molecular flexibility index (Phi) is 3.87. The van der Waals surface area contributed by atoms with E-state index in [4.69, 9.17) is 9.47 Å². The maximum Gasteiger partial charge on any atom is 0.425 e. The first-order valence-corrected chi connectivity index (χ1v) is 6.10. The molecular weight excluding hydrogens is 246 g/mol. The number of ether oxygens (including phenoxy) is 2. The van der Waals surface area contributed by atoms with E-state index < -0.39 is 4.92 Å². The van der Waals surface area contributed by atoms with E-state index in [2.05, 4.69) is 4.98 Å². The maximum absolute atomic E-state index is 10.5. The second-order valence-corrected chi connectivity index (χ2v) is 4.43. The number of thiazole rings is 1. The predicted octanol–water partition coefficient (Wildman–Crippen LogP) is 1.25. The molecule has 1 aliphatic rings. The van der Waals surface area contributed by atoms with Gasteiger partial charge in [0.15, 0.2) is 12.5 Å². The molecule has 0 spiro atoms. The summed E-state index contributed by atoms with van der Waals surface area (Å²) in [7, 11) is 0. The first kappa shape index (κ1) is 12.2. The number of hydrogen-bond acceptors (Lipinski definition) is 7. The molecule has 2 heterocycles. The van der Waals surface area contributed by atoms with E-state index >= 15 is 0 Å². The highest BCUT2D eigenvalue weighted by Crippen LogP contribution is 2.29. The normalized spacial score (nSPS) is 20.5. The summed E-state index contributed by atoms with van der Waals surface area (Å²) in [5.41, 5.74) is 0. The summed E-state index contributed by atoms with van der Waals surface area (Å²) < 4.78 is 10.8. The van der Waals surface area contributed by atoms with Crippen molar-refractivity contribution in [1.29, 1.82) is 0 Å². The van der Waals surface area contributed by atoms with Crippen molar-refractivity contribution >= 4 is 21.5 Å². The van der Waals surface area contributed by atoms with E-state index in [0.717, 1.165) is 16.3 Å². The number of hydrogen-bond donors (Lipinski definition) is 0. The number of aromatic nitrogens is 1. The molecule has 7 nitrogen and oxygen atoms in total. The van der Waals surface area contributed by atoms with Crippen molar-refractivity contribution in [1.82, 2.24) is 4.98 Å². The quantitative estimate of drug-likeness (QED) is 0.598. The van der Waals surface area contributed by atoms with Crippen LogP contribution in [0.3, 0.4) is 0 Å². The third kappa shape index (κ3) is 2.90. The molecule has 2 rings (SSSR count). The second-order valence-electron chi connectivity index (χ2n) is 3.44. The second kappa shape index (κ2) is 5.39. The van der Waals surface area contributed by atoms with E-state index in [9.17, 15) is 10.1 Å². The lowest BCUT2D eigenvalue weighted by Crippen LogP contribution is -2.43. The first-order chi connectivity index (χ1) is 8.20. The van der Waals surface area contributed by atoms with Gasteiger partial charge in [-0.15, -0.1) is 0 Å². The molecule has 0 aliphatic carbocycles. The average molecular weight is 259 g/mol. The Bertz CT molecular complexity index is 395. The first-order valence-electron chi connectivity index (χ1n) is 5.29. The van der Waals surface area contributed by atoms with Crippen molar-refractivity contribution in [3.05, 3.63) is 16.3 Å². The number of nitro groups is 1. The molecular formula is C9H13N3O4S. The SMILES string of the molecule is CCOC1CN(c2cnc([N+](=O)[O-])s2)CCO1. The van der Waals surface area contributed by atoms with Crippen LogP contribution in [0, 0.1) is 10.1 Å². The summed E-state index contributed by atoms with van der Waals surface area (Å²) in [5, 5.41) is 11.2. The zero-order valence-electron chi connectivity index (χ0n) is 9.37. The molecule has 0 saturated carbocycles. The molecule has 17 heavy (non-hydrogen) atoms. The molecule has 0 radical (unpaired) electrons. The van der Waals surface area contributed by atoms with Crippen LogP contribution >= 0.6 is 11.3 Å². The van der Waals surface area contributed by atoms with E-state index in [0.29, 0.717) is 26.3 Å². The number of anilines is 1. The summed E-state index contributed by atoms with van der Waals surface area (Å²) in [6.07, 6.45) is 1.26. The molecule has 1 atom stereocenters. The Balaban J connectivity index is 2.02. The molecule has 1 fully saturated rings. The minimum atomic E-state index is -0.478. The molecule has 0 amide bonds. The highest BCUT2D eigenvalue weighted by molar-refractivity contribution is 7.18. The Morgan fingerprint density at radius 1 is 1.82 bits per heavy atom. The zero-order chi connectivity index (χ0) is 12.3. The Morgan fingerprint density at radius 2 is 2.65 bits per heavy atom. The summed E-state index contributed by atoms with van der Waals surface area (Å²) in [4.78, 5) is 15.8. The van der Waals surface area contributed by atoms with Crippen LogP contribution in [0.4, 0.5) is 10.1 Å². The molecule has 0 N–H and O–H groups in total. The van der Waals surface area contributed by atoms with Crippen molar-refractivity contribution in [3.63, 3.8) is 0 Å². The fraction of sp³-hybridized carbons (Fsp3) is 0.667. The molecule has 1 unspecified atom stereocenters. The molecule has 8 heteroatoms. The van der Waals surface area contributed by atoms with Crippen molar-refractivity contribution < 1.29 is 14.4 Å². The largest absolute Gasteiger partial charge is 0.425 e. The zero-order valence-corrected chi connectivity index (χ0v) is 10.2. The van der Waals surface area contributed by atoms with Gasteiger partial charge in [0, 0.05) is 13.2 Å². The smallest absolute Gasteiger partial charge is 0.357 e. The van der Waals surface area contributed by atoms with Gasteiger partial charge in [0.05, 0.1) is 13.2 Å². The molecule has 1 aromatic rings. The van der Waals surface area contributed by atoms with Gasteiger partial charge in [-0.2, -0.15) is 0 Å². The Labute approximate surface area is 102 Å². The number of morpholine rings is 1. The fourth-order valence-electron chi connectivity index (χ4n) is 1.59. The van der Waals surface area contributed by atoms with Crippen LogP contribution in [0.5, 0.6) is 0 Å². The highest BCUT2D eigenvalue weighted by Gasteiger charge is 2.24. The number of rotatable bonds is 4. The fourth-order valence-corrected chi connectivity index (χ4v) is 2.36. The van der Waals surface area contributed by atoms with Crippen LogP contribution in [0.1, 0.15) is 6.92 Å². The van der Waals surface area contributed by atoms with Gasteiger partial charge in [0.2, 0.25) is 0 Å². The number of nitrogens with zero attached hydrogens (tertiary/aromatic N) is 3. The summed E-state index contributed by atoms with van der Waals surface area (Å²) in [5.74, 6) is 0. The topological polar surface area (TPSA) is 77.7 Å². The average Bonchev–Trinajstić information content (AvgIpc) is 2.79. The van der Waals surface area contributed by atoms with E-state index in [1.807, 2.05) is 11.8 Å². The van der Waals surface area contributed by atoms with Gasteiger partial charge in [-0.3, -0.25) is 0 Å². The van der Waals surface area contributed by atoms with Crippen LogP contribution in [0.15, 0.2) is 6.20 Å². The Hall–Kier alpha value is -1.25. The van der Waals surface area contributed by atoms with Gasteiger partial charge >= 0.3 is 5.13 Å². The van der Waals surface area contributed by atoms with Gasteiger partial charge in [-0.05, 0) is 28.2 Å². The molecule has 1 aliphatic heterocycles. The van der Waals surface area contributed by atoms with Crippen LogP contribution in [0.25, 0.3) is 0 Å². The third-order valence-electron chi connectivity index (χ3n) is 2.34. The van der Waals surface area contributed by atoms with E-state index in [1.165, 1.54) is 6.20 Å². The molecule has 1 saturated heterocycles. The van der Waals surface area contributed by atoms with Gasteiger partial charge in [0.1, 0.15) is 5.00 Å². The molecule has 1 aromatic heterocycles. The van der Waals surface area contributed by atoms with E-state index in [1.54, 1.807) is 0 Å². The van der Waals surface area contributed by atoms with Crippen molar-refractivity contribution in [2.45, 2.75) is 13.2 Å². The van der Waals surface area contributed by atoms with Crippen molar-refractivity contribution in [2.24, 2.45) is 0 Å². The minimum Gasteiger partial charge on any atom is -0.357 e. The summed E-state index contributed by atoms with van der Waals surface area (Å²) >= 11 is 1.07. The lowest BCUT2D eigenvalue weighted by atomic mass is 10.4. The predicted molar refractivity (Wildman–Crippen MR) is 62.3 cm³/mol. The van der Waals surface area contributed by atoms with Crippen molar-refractivity contribution in [2.75, 3.05) is 31.2 Å². The molecule has 0 aromatic carbocycles. The van der Waals surface area contributed by atoms with Crippen LogP contribution in [-0.4, -0.2) is 42.5 Å². The monoisotopic (exact) mass is 259 g/mol. The van der Waals surface area contributed by atoms with Gasteiger partial charge in [-0.1, -0.05) is 0 Å². The van der Waals surface area contributed by atoms with Gasteiger partial charge in [-0.25, -0.2) is 0 Å². The van der Waals surface area contributed by atoms with Gasteiger partial charge < -0.3 is 24.5 Å².